The smallest absolute Gasteiger partial charge is 0.407 e. The van der Waals surface area contributed by atoms with E-state index in [1.165, 1.54) is 0 Å². The molecule has 2 N–H and O–H groups in total. The minimum absolute atomic E-state index is 0.247. The van der Waals surface area contributed by atoms with Gasteiger partial charge < -0.3 is 20.1 Å². The van der Waals surface area contributed by atoms with Crippen molar-refractivity contribution in [2.75, 3.05) is 19.0 Å². The number of carbonyl (C=O) groups excluding carboxylic acids is 1. The van der Waals surface area contributed by atoms with E-state index in [-0.39, 0.29) is 6.42 Å². The molecule has 0 heterocycles. The number of alkyl carbamates (subject to hydrolysis) is 1. The number of carboxylic acids is 1. The third-order valence-electron chi connectivity index (χ3n) is 3.23. The first-order chi connectivity index (χ1) is 11.0. The fraction of sp³-hybridized carbons (Fsp3) is 0.529. The lowest BCUT2D eigenvalue weighted by Crippen LogP contribution is -2.42. The van der Waals surface area contributed by atoms with Crippen molar-refractivity contribution >= 4 is 30.4 Å². The number of thiol groups is 1. The lowest BCUT2D eigenvalue weighted by atomic mass is 10.0. The Morgan fingerprint density at radius 3 is 2.21 bits per heavy atom. The van der Waals surface area contributed by atoms with Gasteiger partial charge in [0.1, 0.15) is 5.60 Å². The van der Waals surface area contributed by atoms with Gasteiger partial charge in [0.25, 0.3) is 0 Å². The molecule has 7 heteroatoms. The van der Waals surface area contributed by atoms with Crippen LogP contribution in [0.25, 0.3) is 0 Å². The zero-order valence-electron chi connectivity index (χ0n) is 14.7. The molecule has 0 fully saturated rings. The maximum atomic E-state index is 12.0. The molecule has 6 nitrogen and oxygen atoms in total. The van der Waals surface area contributed by atoms with Gasteiger partial charge in [-0.15, -0.1) is 0 Å². The first kappa shape index (κ1) is 20.2. The van der Waals surface area contributed by atoms with Crippen molar-refractivity contribution in [3.05, 3.63) is 29.8 Å². The molecule has 0 aliphatic heterocycles. The molecular formula is C17H26N2O4S. The molecule has 0 aliphatic carbocycles. The second-order valence-corrected chi connectivity index (χ2v) is 7.34. The Balaban J connectivity index is 2.89. The van der Waals surface area contributed by atoms with Gasteiger partial charge in [-0.05, 0) is 38.5 Å². The van der Waals surface area contributed by atoms with Gasteiger partial charge in [-0.25, -0.2) is 4.79 Å². The second kappa shape index (κ2) is 8.28. The molecule has 0 saturated heterocycles. The largest absolute Gasteiger partial charge is 0.481 e. The van der Waals surface area contributed by atoms with E-state index in [4.69, 9.17) is 9.84 Å². The maximum absolute atomic E-state index is 12.0. The van der Waals surface area contributed by atoms with Crippen molar-refractivity contribution < 1.29 is 19.4 Å². The van der Waals surface area contributed by atoms with Gasteiger partial charge in [-0.3, -0.25) is 4.79 Å². The van der Waals surface area contributed by atoms with Gasteiger partial charge in [0.05, 0.1) is 12.5 Å². The van der Waals surface area contributed by atoms with Crippen LogP contribution in [0.2, 0.25) is 0 Å². The highest BCUT2D eigenvalue weighted by Crippen LogP contribution is 2.27. The first-order valence-electron chi connectivity index (χ1n) is 7.66. The summed E-state index contributed by atoms with van der Waals surface area (Å²) in [6, 6.07) is 6.90. The second-order valence-electron chi connectivity index (χ2n) is 6.78. The fourth-order valence-electron chi connectivity index (χ4n) is 2.09. The van der Waals surface area contributed by atoms with E-state index in [9.17, 15) is 9.59 Å². The maximum Gasteiger partial charge on any atom is 0.407 e. The molecule has 0 radical (unpaired) electrons. The molecule has 0 aromatic heterocycles. The van der Waals surface area contributed by atoms with Crippen molar-refractivity contribution in [1.82, 2.24) is 5.32 Å². The fourth-order valence-corrected chi connectivity index (χ4v) is 2.44. The number of nitrogens with zero attached hydrogens (tertiary/aromatic N) is 1. The van der Waals surface area contributed by atoms with Gasteiger partial charge in [0.15, 0.2) is 0 Å². The van der Waals surface area contributed by atoms with Crippen molar-refractivity contribution in [2.24, 2.45) is 0 Å². The molecule has 0 bridgehead atoms. The Hall–Kier alpha value is -1.89. The number of hydrogen-bond acceptors (Lipinski definition) is 5. The standard InChI is InChI=1S/C17H26N2O4S/c1-17(2,3)23-16(22)18-13(10-14(20)21)15(24)11-6-8-12(9-7-11)19(4)5/h6-9,13,15,24H,10H2,1-5H3,(H,18,22)(H,20,21). The van der Waals surface area contributed by atoms with Crippen LogP contribution < -0.4 is 10.2 Å². The Bertz CT molecular complexity index is 567. The number of carboxylic acid groups (broad SMARTS) is 1. The molecule has 1 aromatic rings. The van der Waals surface area contributed by atoms with Crippen LogP contribution in [0.3, 0.4) is 0 Å². The van der Waals surface area contributed by atoms with Gasteiger partial charge in [-0.2, -0.15) is 12.6 Å². The highest BCUT2D eigenvalue weighted by atomic mass is 32.1. The third kappa shape index (κ3) is 6.70. The third-order valence-corrected chi connectivity index (χ3v) is 3.89. The molecule has 24 heavy (non-hydrogen) atoms. The van der Waals surface area contributed by atoms with Crippen molar-refractivity contribution in [3.63, 3.8) is 0 Å². The molecule has 2 atom stereocenters. The number of amides is 1. The number of aliphatic carboxylic acids is 1. The van der Waals surface area contributed by atoms with E-state index in [2.05, 4.69) is 17.9 Å². The molecule has 0 spiro atoms. The summed E-state index contributed by atoms with van der Waals surface area (Å²) in [5.41, 5.74) is 1.19. The normalized spacial score (nSPS) is 13.8. The monoisotopic (exact) mass is 354 g/mol. The summed E-state index contributed by atoms with van der Waals surface area (Å²) in [5.74, 6) is -1.01. The Morgan fingerprint density at radius 2 is 1.79 bits per heavy atom. The Morgan fingerprint density at radius 1 is 1.25 bits per heavy atom. The zero-order chi connectivity index (χ0) is 18.5. The summed E-state index contributed by atoms with van der Waals surface area (Å²) < 4.78 is 5.20. The van der Waals surface area contributed by atoms with Gasteiger partial charge in [0, 0.05) is 25.0 Å². The van der Waals surface area contributed by atoms with Crippen LogP contribution in [-0.4, -0.2) is 42.9 Å². The average molecular weight is 354 g/mol. The van der Waals surface area contributed by atoms with E-state index in [0.717, 1.165) is 11.3 Å². The first-order valence-corrected chi connectivity index (χ1v) is 8.18. The SMILES string of the molecule is CN(C)c1ccc(C(S)C(CC(=O)O)NC(=O)OC(C)(C)C)cc1. The molecule has 134 valence electrons. The molecule has 2 unspecified atom stereocenters. The summed E-state index contributed by atoms with van der Waals surface area (Å²) in [7, 11) is 3.87. The minimum atomic E-state index is -1.01. The summed E-state index contributed by atoms with van der Waals surface area (Å²) in [4.78, 5) is 25.0. The number of rotatable bonds is 6. The molecule has 1 rings (SSSR count). The van der Waals surface area contributed by atoms with Crippen molar-refractivity contribution in [1.29, 1.82) is 0 Å². The summed E-state index contributed by atoms with van der Waals surface area (Å²) >= 11 is 4.51. The van der Waals surface area contributed by atoms with Gasteiger partial charge in [-0.1, -0.05) is 12.1 Å². The highest BCUT2D eigenvalue weighted by Gasteiger charge is 2.27. The number of anilines is 1. The van der Waals surface area contributed by atoms with E-state index < -0.39 is 29.0 Å². The van der Waals surface area contributed by atoms with Crippen LogP contribution in [0.15, 0.2) is 24.3 Å². The van der Waals surface area contributed by atoms with Crippen LogP contribution >= 0.6 is 12.6 Å². The van der Waals surface area contributed by atoms with Crippen molar-refractivity contribution in [3.8, 4) is 0 Å². The molecule has 0 saturated carbocycles. The Labute approximate surface area is 148 Å². The molecule has 0 aliphatic rings. The number of carbonyl (C=O) groups is 2. The Kier molecular flexibility index (Phi) is 6.95. The van der Waals surface area contributed by atoms with E-state index in [1.54, 1.807) is 20.8 Å². The summed E-state index contributed by atoms with van der Waals surface area (Å²) in [5, 5.41) is 11.3. The zero-order valence-corrected chi connectivity index (χ0v) is 15.6. The predicted octanol–water partition coefficient (Wildman–Crippen LogP) is 3.09. The van der Waals surface area contributed by atoms with Crippen LogP contribution in [0.1, 0.15) is 38.0 Å². The lowest BCUT2D eigenvalue weighted by Gasteiger charge is -2.26. The van der Waals surface area contributed by atoms with E-state index >= 15 is 0 Å². The van der Waals surface area contributed by atoms with E-state index in [0.29, 0.717) is 0 Å². The summed E-state index contributed by atoms with van der Waals surface area (Å²) in [6.45, 7) is 5.24. The van der Waals surface area contributed by atoms with Gasteiger partial charge >= 0.3 is 12.1 Å². The van der Waals surface area contributed by atoms with Crippen LogP contribution in [0, 0.1) is 0 Å². The average Bonchev–Trinajstić information content (AvgIpc) is 2.43. The lowest BCUT2D eigenvalue weighted by molar-refractivity contribution is -0.137. The number of hydrogen-bond donors (Lipinski definition) is 3. The van der Waals surface area contributed by atoms with E-state index in [1.807, 2.05) is 43.3 Å². The van der Waals surface area contributed by atoms with Crippen LogP contribution in [0.4, 0.5) is 10.5 Å². The van der Waals surface area contributed by atoms with Crippen LogP contribution in [-0.2, 0) is 9.53 Å². The molecule has 1 amide bonds. The minimum Gasteiger partial charge on any atom is -0.481 e. The van der Waals surface area contributed by atoms with Crippen LogP contribution in [0.5, 0.6) is 0 Å². The highest BCUT2D eigenvalue weighted by molar-refractivity contribution is 7.80. The quantitative estimate of drug-likeness (QED) is 0.684. The number of benzene rings is 1. The number of ether oxygens (including phenoxy) is 1. The topological polar surface area (TPSA) is 78.9 Å². The van der Waals surface area contributed by atoms with Crippen molar-refractivity contribution in [2.45, 2.75) is 44.1 Å². The molecule has 1 aromatic carbocycles. The summed E-state index contributed by atoms with van der Waals surface area (Å²) in [6.07, 6.45) is -0.902. The van der Waals surface area contributed by atoms with Gasteiger partial charge in [0.2, 0.25) is 0 Å². The molecular weight excluding hydrogens is 328 g/mol. The number of nitrogens with one attached hydrogen (secondary N) is 1. The predicted molar refractivity (Wildman–Crippen MR) is 97.9 cm³/mol.